The maximum atomic E-state index is 14.2. The predicted octanol–water partition coefficient (Wildman–Crippen LogP) is 7.78. The molecule has 292 valence electrons. The Hall–Kier alpha value is -6.22. The molecule has 1 unspecified atom stereocenters. The van der Waals surface area contributed by atoms with Gasteiger partial charge in [0.2, 0.25) is 5.75 Å². The van der Waals surface area contributed by atoms with Gasteiger partial charge in [-0.2, -0.15) is 4.98 Å². The number of benzene rings is 4. The highest BCUT2D eigenvalue weighted by atomic mass is 16.6. The molecule has 0 saturated carbocycles. The van der Waals surface area contributed by atoms with Crippen LogP contribution in [0.1, 0.15) is 65.9 Å². The van der Waals surface area contributed by atoms with Crippen LogP contribution in [-0.2, 0) is 35.8 Å². The van der Waals surface area contributed by atoms with Crippen molar-refractivity contribution in [2.45, 2.75) is 58.7 Å². The number of hydrogen-bond acceptors (Lipinski definition) is 9. The first-order valence-electron chi connectivity index (χ1n) is 19.2. The maximum Gasteiger partial charge on any atom is 0.419 e. The molecule has 2 aliphatic rings. The summed E-state index contributed by atoms with van der Waals surface area (Å²) in [6.45, 7) is 10.4. The van der Waals surface area contributed by atoms with Gasteiger partial charge in [0.25, 0.3) is 5.88 Å². The summed E-state index contributed by atoms with van der Waals surface area (Å²) < 4.78 is 23.7. The molecule has 57 heavy (non-hydrogen) atoms. The lowest BCUT2D eigenvalue weighted by atomic mass is 10.0. The third kappa shape index (κ3) is 10.6. The molecule has 2 aliphatic heterocycles. The Morgan fingerprint density at radius 3 is 1.96 bits per heavy atom. The van der Waals surface area contributed by atoms with E-state index in [2.05, 4.69) is 38.8 Å². The van der Waals surface area contributed by atoms with Crippen LogP contribution in [0.4, 0.5) is 9.59 Å². The fraction of sp³-hybridized carbons (Fsp3) is 0.304. The highest BCUT2D eigenvalue weighted by Gasteiger charge is 2.44. The number of rotatable bonds is 11. The van der Waals surface area contributed by atoms with Crippen molar-refractivity contribution < 1.29 is 28.5 Å². The van der Waals surface area contributed by atoms with Gasteiger partial charge in [-0.05, 0) is 67.3 Å². The lowest BCUT2D eigenvalue weighted by molar-refractivity contribution is 0.0294. The SMILES string of the molecule is CC(C)(C)OC(=O)N1C(=O)N(Cc2ncnc(OCc3ccccc3)c2OCc2ccccc2)CC1c1ccc(C#Cc2ccc(CN3CCOCC3)cc2)cc1. The lowest BCUT2D eigenvalue weighted by Crippen LogP contribution is -2.40. The molecule has 11 heteroatoms. The zero-order valence-corrected chi connectivity index (χ0v) is 32.6. The van der Waals surface area contributed by atoms with E-state index in [-0.39, 0.29) is 32.2 Å². The van der Waals surface area contributed by atoms with Crippen LogP contribution < -0.4 is 9.47 Å². The normalized spacial score (nSPS) is 15.8. The van der Waals surface area contributed by atoms with Crippen LogP contribution in [0.15, 0.2) is 116 Å². The standard InChI is InChI=1S/C46H47N5O6/c1-46(2,3)57-45(53)51-41(39-22-20-35(21-23-39)15-14-34-16-18-36(19-17-34)28-49-24-26-54-27-25-49)30-50(44(51)52)29-40-42(55-31-37-10-6-4-7-11-37)43(48-33-47-40)56-32-38-12-8-5-9-13-38/h4-13,16-23,33,41H,24-32H2,1-3H3. The van der Waals surface area contributed by atoms with Crippen LogP contribution in [-0.4, -0.2) is 75.2 Å². The number of carbonyl (C=O) groups excluding carboxylic acids is 2. The molecule has 0 spiro atoms. The second kappa shape index (κ2) is 18.2. The van der Waals surface area contributed by atoms with E-state index in [1.807, 2.05) is 97.1 Å². The molecule has 4 aromatic carbocycles. The number of hydrogen-bond donors (Lipinski definition) is 0. The molecule has 2 saturated heterocycles. The van der Waals surface area contributed by atoms with Gasteiger partial charge in [-0.3, -0.25) is 4.90 Å². The predicted molar refractivity (Wildman–Crippen MR) is 215 cm³/mol. The van der Waals surface area contributed by atoms with Crippen molar-refractivity contribution in [3.8, 4) is 23.5 Å². The summed E-state index contributed by atoms with van der Waals surface area (Å²) in [7, 11) is 0. The number of imide groups is 1. The van der Waals surface area contributed by atoms with Crippen LogP contribution in [0.2, 0.25) is 0 Å². The Kier molecular flexibility index (Phi) is 12.4. The quantitative estimate of drug-likeness (QED) is 0.125. The molecule has 0 radical (unpaired) electrons. The van der Waals surface area contributed by atoms with Crippen LogP contribution in [0.5, 0.6) is 11.6 Å². The van der Waals surface area contributed by atoms with Crippen LogP contribution in [0, 0.1) is 11.8 Å². The highest BCUT2D eigenvalue weighted by Crippen LogP contribution is 2.35. The van der Waals surface area contributed by atoms with Crippen molar-refractivity contribution in [1.29, 1.82) is 0 Å². The van der Waals surface area contributed by atoms with Crippen molar-refractivity contribution in [1.82, 2.24) is 24.7 Å². The zero-order chi connectivity index (χ0) is 39.6. The summed E-state index contributed by atoms with van der Waals surface area (Å²) in [5.41, 5.74) is 5.28. The molecular weight excluding hydrogens is 719 g/mol. The minimum absolute atomic E-state index is 0.0395. The topological polar surface area (TPSA) is 107 Å². The van der Waals surface area contributed by atoms with Crippen molar-refractivity contribution in [3.05, 3.63) is 155 Å². The van der Waals surface area contributed by atoms with Crippen LogP contribution in [0.3, 0.4) is 0 Å². The van der Waals surface area contributed by atoms with E-state index in [0.29, 0.717) is 11.4 Å². The second-order valence-electron chi connectivity index (χ2n) is 15.0. The summed E-state index contributed by atoms with van der Waals surface area (Å²) in [6, 6.07) is 34.3. The van der Waals surface area contributed by atoms with Gasteiger partial charge in [0.05, 0.1) is 25.8 Å². The summed E-state index contributed by atoms with van der Waals surface area (Å²) in [6.07, 6.45) is 0.671. The van der Waals surface area contributed by atoms with Gasteiger partial charge in [0.1, 0.15) is 30.8 Å². The first-order chi connectivity index (χ1) is 27.7. The van der Waals surface area contributed by atoms with Gasteiger partial charge < -0.3 is 23.8 Å². The van der Waals surface area contributed by atoms with E-state index in [9.17, 15) is 9.59 Å². The molecule has 1 aromatic heterocycles. The van der Waals surface area contributed by atoms with E-state index < -0.39 is 23.8 Å². The molecule has 1 atom stereocenters. The average molecular weight is 766 g/mol. The van der Waals surface area contributed by atoms with E-state index >= 15 is 0 Å². The Morgan fingerprint density at radius 1 is 0.754 bits per heavy atom. The third-order valence-corrected chi connectivity index (χ3v) is 9.51. The molecular formula is C46H47N5O6. The first-order valence-corrected chi connectivity index (χ1v) is 19.2. The van der Waals surface area contributed by atoms with Crippen molar-refractivity contribution >= 4 is 12.1 Å². The van der Waals surface area contributed by atoms with Gasteiger partial charge in [-0.25, -0.2) is 19.5 Å². The Labute approximate surface area is 334 Å². The molecule has 2 fully saturated rings. The minimum atomic E-state index is -0.814. The fourth-order valence-corrected chi connectivity index (χ4v) is 6.59. The Morgan fingerprint density at radius 2 is 1.35 bits per heavy atom. The molecule has 3 heterocycles. The van der Waals surface area contributed by atoms with Gasteiger partial charge in [-0.15, -0.1) is 0 Å². The second-order valence-corrected chi connectivity index (χ2v) is 15.0. The zero-order valence-electron chi connectivity index (χ0n) is 32.6. The number of ether oxygens (including phenoxy) is 4. The van der Waals surface area contributed by atoms with Gasteiger partial charge >= 0.3 is 12.1 Å². The maximum absolute atomic E-state index is 14.2. The molecule has 3 amide bonds. The van der Waals surface area contributed by atoms with Gasteiger partial charge in [-0.1, -0.05) is 96.8 Å². The number of nitrogens with zero attached hydrogens (tertiary/aromatic N) is 5. The smallest absolute Gasteiger partial charge is 0.419 e. The first kappa shape index (κ1) is 39.0. The van der Waals surface area contributed by atoms with Crippen molar-refractivity contribution in [3.63, 3.8) is 0 Å². The summed E-state index contributed by atoms with van der Waals surface area (Å²) >= 11 is 0. The monoisotopic (exact) mass is 765 g/mol. The average Bonchev–Trinajstić information content (AvgIpc) is 3.55. The van der Waals surface area contributed by atoms with Gasteiger partial charge in [0, 0.05) is 37.3 Å². The minimum Gasteiger partial charge on any atom is -0.482 e. The number of carbonyl (C=O) groups is 2. The summed E-state index contributed by atoms with van der Waals surface area (Å²) in [5, 5.41) is 0. The molecule has 0 bridgehead atoms. The number of morpholine rings is 1. The lowest BCUT2D eigenvalue weighted by Gasteiger charge is -2.26. The van der Waals surface area contributed by atoms with Crippen LogP contribution >= 0.6 is 0 Å². The van der Waals surface area contributed by atoms with Crippen molar-refractivity contribution in [2.24, 2.45) is 0 Å². The summed E-state index contributed by atoms with van der Waals surface area (Å²) in [4.78, 5) is 42.0. The fourth-order valence-electron chi connectivity index (χ4n) is 6.59. The molecule has 5 aromatic rings. The number of urea groups is 1. The Bertz CT molecular complexity index is 2180. The highest BCUT2D eigenvalue weighted by molar-refractivity contribution is 5.93. The van der Waals surface area contributed by atoms with Gasteiger partial charge in [0.15, 0.2) is 0 Å². The third-order valence-electron chi connectivity index (χ3n) is 9.51. The van der Waals surface area contributed by atoms with Crippen LogP contribution in [0.25, 0.3) is 0 Å². The molecule has 11 nitrogen and oxygen atoms in total. The number of amides is 3. The molecule has 0 aliphatic carbocycles. The van der Waals surface area contributed by atoms with E-state index in [1.165, 1.54) is 16.8 Å². The Balaban J connectivity index is 1.10. The van der Waals surface area contributed by atoms with Crippen molar-refractivity contribution in [2.75, 3.05) is 32.8 Å². The molecule has 7 rings (SSSR count). The molecule has 0 N–H and O–H groups in total. The van der Waals surface area contributed by atoms with E-state index in [1.54, 1.807) is 25.7 Å². The summed E-state index contributed by atoms with van der Waals surface area (Å²) in [5.74, 6) is 7.09. The van der Waals surface area contributed by atoms with E-state index in [0.717, 1.165) is 60.7 Å². The largest absolute Gasteiger partial charge is 0.482 e. The van der Waals surface area contributed by atoms with E-state index in [4.69, 9.17) is 18.9 Å². The number of aromatic nitrogens is 2.